The highest BCUT2D eigenvalue weighted by atomic mass is 16.7. The van der Waals surface area contributed by atoms with Crippen molar-refractivity contribution in [1.82, 2.24) is 10.8 Å². The van der Waals surface area contributed by atoms with Crippen molar-refractivity contribution >= 4 is 11.7 Å². The third-order valence-corrected chi connectivity index (χ3v) is 6.07. The lowest BCUT2D eigenvalue weighted by atomic mass is 9.74. The Morgan fingerprint density at radius 2 is 2.04 bits per heavy atom. The van der Waals surface area contributed by atoms with Crippen LogP contribution in [0.1, 0.15) is 64.7 Å². The second-order valence-corrected chi connectivity index (χ2v) is 7.60. The van der Waals surface area contributed by atoms with Gasteiger partial charge in [-0.1, -0.05) is 26.2 Å². The molecule has 4 unspecified atom stereocenters. The first-order valence-corrected chi connectivity index (χ1v) is 9.35. The molecule has 2 saturated carbocycles. The Bertz CT molecular complexity index is 434. The van der Waals surface area contributed by atoms with Gasteiger partial charge in [0, 0.05) is 31.3 Å². The topological polar surface area (TPSA) is 67.4 Å². The summed E-state index contributed by atoms with van der Waals surface area (Å²) in [5.41, 5.74) is 3.14. The van der Waals surface area contributed by atoms with E-state index >= 15 is 0 Å². The molecule has 0 radical (unpaired) electrons. The maximum absolute atomic E-state index is 12.2. The number of hydroxylamine groups is 1. The monoisotopic (exact) mass is 322 g/mol. The molecule has 1 saturated heterocycles. The van der Waals surface area contributed by atoms with Gasteiger partial charge in [0.1, 0.15) is 5.78 Å². The summed E-state index contributed by atoms with van der Waals surface area (Å²) in [6, 6.07) is 0.260. The van der Waals surface area contributed by atoms with Crippen molar-refractivity contribution in [3.63, 3.8) is 0 Å². The van der Waals surface area contributed by atoms with Crippen molar-refractivity contribution in [3.8, 4) is 0 Å². The molecule has 130 valence electrons. The molecule has 23 heavy (non-hydrogen) atoms. The van der Waals surface area contributed by atoms with Crippen molar-refractivity contribution in [3.05, 3.63) is 0 Å². The molecule has 3 rings (SSSR count). The van der Waals surface area contributed by atoms with Crippen molar-refractivity contribution in [2.24, 2.45) is 17.8 Å². The molecule has 0 spiro atoms. The minimum absolute atomic E-state index is 0.0410. The molecule has 5 heteroatoms. The quantitative estimate of drug-likeness (QED) is 0.834. The van der Waals surface area contributed by atoms with E-state index in [-0.39, 0.29) is 24.0 Å². The van der Waals surface area contributed by atoms with Crippen LogP contribution in [-0.4, -0.2) is 30.4 Å². The zero-order valence-corrected chi connectivity index (χ0v) is 14.2. The lowest BCUT2D eigenvalue weighted by Gasteiger charge is -2.43. The summed E-state index contributed by atoms with van der Waals surface area (Å²) in [4.78, 5) is 29.5. The standard InChI is InChI=1S/C18H30N2O3/c1-12-15-8-7-14(21)11-17(15)23-20-16(12)9-10-19-18(22)13-5-3-2-4-6-13/h12-13,15-17,20H,2-11H2,1H3,(H,19,22). The Kier molecular flexibility index (Phi) is 5.70. The molecular formula is C18H30N2O3. The number of hydrogen-bond acceptors (Lipinski definition) is 4. The van der Waals surface area contributed by atoms with Gasteiger partial charge in [0.05, 0.1) is 6.10 Å². The Hall–Kier alpha value is -0.940. The van der Waals surface area contributed by atoms with E-state index in [1.807, 2.05) is 0 Å². The van der Waals surface area contributed by atoms with Gasteiger partial charge in [-0.25, -0.2) is 0 Å². The van der Waals surface area contributed by atoms with E-state index in [9.17, 15) is 9.59 Å². The molecule has 4 atom stereocenters. The first-order valence-electron chi connectivity index (χ1n) is 9.35. The van der Waals surface area contributed by atoms with Gasteiger partial charge in [-0.05, 0) is 37.5 Å². The molecule has 1 amide bonds. The van der Waals surface area contributed by atoms with E-state index in [1.54, 1.807) is 0 Å². The van der Waals surface area contributed by atoms with Crippen LogP contribution in [0.2, 0.25) is 0 Å². The highest BCUT2D eigenvalue weighted by Gasteiger charge is 2.41. The zero-order valence-electron chi connectivity index (χ0n) is 14.2. The Balaban J connectivity index is 1.42. The van der Waals surface area contributed by atoms with Crippen LogP contribution in [0.5, 0.6) is 0 Å². The highest BCUT2D eigenvalue weighted by Crippen LogP contribution is 2.36. The minimum atomic E-state index is 0.0410. The Labute approximate surface area is 138 Å². The van der Waals surface area contributed by atoms with Crippen LogP contribution in [0.4, 0.5) is 0 Å². The lowest BCUT2D eigenvalue weighted by Crippen LogP contribution is -2.53. The fraction of sp³-hybridized carbons (Fsp3) is 0.889. The number of Topliss-reactive ketones (excluding diaryl/α,β-unsaturated/α-hetero) is 1. The van der Waals surface area contributed by atoms with E-state index in [1.165, 1.54) is 19.3 Å². The third kappa shape index (κ3) is 4.13. The summed E-state index contributed by atoms with van der Waals surface area (Å²) >= 11 is 0. The van der Waals surface area contributed by atoms with Crippen molar-refractivity contribution in [2.45, 2.75) is 76.9 Å². The number of amides is 1. The van der Waals surface area contributed by atoms with Gasteiger partial charge >= 0.3 is 0 Å². The Morgan fingerprint density at radius 1 is 1.26 bits per heavy atom. The van der Waals surface area contributed by atoms with Crippen LogP contribution in [0.15, 0.2) is 0 Å². The molecular weight excluding hydrogens is 292 g/mol. The molecule has 3 aliphatic rings. The number of carbonyl (C=O) groups is 2. The average Bonchev–Trinajstić information content (AvgIpc) is 2.57. The molecule has 2 N–H and O–H groups in total. The van der Waals surface area contributed by atoms with Crippen LogP contribution < -0.4 is 10.8 Å². The molecule has 0 bridgehead atoms. The molecule has 0 aromatic heterocycles. The second kappa shape index (κ2) is 7.75. The predicted octanol–water partition coefficient (Wildman–Crippen LogP) is 2.35. The van der Waals surface area contributed by atoms with Crippen LogP contribution >= 0.6 is 0 Å². The van der Waals surface area contributed by atoms with Crippen molar-refractivity contribution < 1.29 is 14.4 Å². The number of nitrogens with one attached hydrogen (secondary N) is 2. The van der Waals surface area contributed by atoms with E-state index in [2.05, 4.69) is 17.7 Å². The summed E-state index contributed by atoms with van der Waals surface area (Å²) in [5, 5.41) is 3.11. The number of fused-ring (bicyclic) bond motifs is 1. The molecule has 2 aliphatic carbocycles. The van der Waals surface area contributed by atoms with Gasteiger partial charge in [-0.15, -0.1) is 0 Å². The van der Waals surface area contributed by atoms with Gasteiger partial charge in [-0.3, -0.25) is 14.4 Å². The number of hydrogen-bond donors (Lipinski definition) is 2. The maximum Gasteiger partial charge on any atom is 0.223 e. The van der Waals surface area contributed by atoms with E-state index in [0.29, 0.717) is 37.0 Å². The Morgan fingerprint density at radius 3 is 2.83 bits per heavy atom. The number of rotatable bonds is 4. The SMILES string of the molecule is CC1C(CCNC(=O)C2CCCCC2)NOC2CC(=O)CCC21. The first-order chi connectivity index (χ1) is 11.1. The van der Waals surface area contributed by atoms with Crippen molar-refractivity contribution in [2.75, 3.05) is 6.54 Å². The summed E-state index contributed by atoms with van der Waals surface area (Å²) < 4.78 is 0. The maximum atomic E-state index is 12.2. The number of ketones is 1. The molecule has 0 aromatic rings. The molecule has 5 nitrogen and oxygen atoms in total. The van der Waals surface area contributed by atoms with Crippen molar-refractivity contribution in [1.29, 1.82) is 0 Å². The third-order valence-electron chi connectivity index (χ3n) is 6.07. The van der Waals surface area contributed by atoms with Gasteiger partial charge < -0.3 is 5.32 Å². The predicted molar refractivity (Wildman–Crippen MR) is 87.5 cm³/mol. The van der Waals surface area contributed by atoms with E-state index in [4.69, 9.17) is 4.84 Å². The summed E-state index contributed by atoms with van der Waals surface area (Å²) in [7, 11) is 0. The van der Waals surface area contributed by atoms with E-state index in [0.717, 1.165) is 25.7 Å². The fourth-order valence-electron chi connectivity index (χ4n) is 4.48. The molecule has 1 aliphatic heterocycles. The van der Waals surface area contributed by atoms with E-state index < -0.39 is 0 Å². The molecule has 0 aromatic carbocycles. The van der Waals surface area contributed by atoms with Crippen LogP contribution in [-0.2, 0) is 14.4 Å². The van der Waals surface area contributed by atoms with Gasteiger partial charge in [-0.2, -0.15) is 5.48 Å². The van der Waals surface area contributed by atoms with Gasteiger partial charge in [0.2, 0.25) is 5.91 Å². The average molecular weight is 322 g/mol. The second-order valence-electron chi connectivity index (χ2n) is 7.60. The highest BCUT2D eigenvalue weighted by molar-refractivity contribution is 5.79. The van der Waals surface area contributed by atoms with Crippen LogP contribution in [0.25, 0.3) is 0 Å². The fourth-order valence-corrected chi connectivity index (χ4v) is 4.48. The van der Waals surface area contributed by atoms with Crippen LogP contribution in [0, 0.1) is 17.8 Å². The summed E-state index contributed by atoms with van der Waals surface area (Å²) in [6.07, 6.45) is 8.86. The van der Waals surface area contributed by atoms with Gasteiger partial charge in [0.15, 0.2) is 0 Å². The zero-order chi connectivity index (χ0) is 16.2. The molecule has 1 heterocycles. The molecule has 3 fully saturated rings. The normalized spacial score (nSPS) is 35.6. The first kappa shape index (κ1) is 16.9. The summed E-state index contributed by atoms with van der Waals surface area (Å²) in [6.45, 7) is 2.95. The van der Waals surface area contributed by atoms with Gasteiger partial charge in [0.25, 0.3) is 0 Å². The largest absolute Gasteiger partial charge is 0.356 e. The smallest absolute Gasteiger partial charge is 0.223 e. The summed E-state index contributed by atoms with van der Waals surface area (Å²) in [5.74, 6) is 1.72. The number of carbonyl (C=O) groups excluding carboxylic acids is 2. The minimum Gasteiger partial charge on any atom is -0.356 e. The van der Waals surface area contributed by atoms with Crippen LogP contribution in [0.3, 0.4) is 0 Å². The lowest BCUT2D eigenvalue weighted by molar-refractivity contribution is -0.160.